The van der Waals surface area contributed by atoms with Gasteiger partial charge in [0.25, 0.3) is 5.91 Å². The van der Waals surface area contributed by atoms with Crippen molar-refractivity contribution in [3.8, 4) is 5.69 Å². The van der Waals surface area contributed by atoms with Crippen LogP contribution in [0, 0.1) is 0 Å². The highest BCUT2D eigenvalue weighted by Crippen LogP contribution is 2.21. The molecule has 10 heteroatoms. The molecule has 3 rings (SSSR count). The van der Waals surface area contributed by atoms with Crippen molar-refractivity contribution in [2.75, 3.05) is 24.2 Å². The van der Waals surface area contributed by atoms with Gasteiger partial charge in [0.2, 0.25) is 11.1 Å². The first-order valence-electron chi connectivity index (χ1n) is 9.38. The van der Waals surface area contributed by atoms with Crippen molar-refractivity contribution in [3.05, 3.63) is 59.1 Å². The van der Waals surface area contributed by atoms with Gasteiger partial charge in [-0.3, -0.25) is 9.59 Å². The molecule has 0 atom stereocenters. The van der Waals surface area contributed by atoms with E-state index in [-0.39, 0.29) is 17.6 Å². The Hall–Kier alpha value is -2.91. The second-order valence-corrected chi connectivity index (χ2v) is 7.62. The second-order valence-electron chi connectivity index (χ2n) is 6.24. The molecule has 8 nitrogen and oxygen atoms in total. The number of hydrogen-bond donors (Lipinski definition) is 1. The number of hydrogen-bond acceptors (Lipinski definition) is 6. The van der Waals surface area contributed by atoms with Crippen LogP contribution in [0.5, 0.6) is 0 Å². The van der Waals surface area contributed by atoms with E-state index in [0.29, 0.717) is 40.2 Å². The van der Waals surface area contributed by atoms with Crippen molar-refractivity contribution in [2.24, 2.45) is 0 Å². The minimum Gasteiger partial charge on any atom is -0.339 e. The Morgan fingerprint density at radius 2 is 1.87 bits per heavy atom. The predicted octanol–water partition coefficient (Wildman–Crippen LogP) is 3.53. The van der Waals surface area contributed by atoms with Crippen LogP contribution in [0.3, 0.4) is 0 Å². The molecule has 2 amide bonds. The Labute approximate surface area is 183 Å². The molecule has 0 radical (unpaired) electrons. The van der Waals surface area contributed by atoms with Gasteiger partial charge in [-0.15, -0.1) is 5.10 Å². The molecule has 0 saturated carbocycles. The third-order valence-electron chi connectivity index (χ3n) is 4.29. The van der Waals surface area contributed by atoms with E-state index < -0.39 is 0 Å². The number of benzene rings is 2. The lowest BCUT2D eigenvalue weighted by Crippen LogP contribution is -2.30. The largest absolute Gasteiger partial charge is 0.339 e. The smallest absolute Gasteiger partial charge is 0.253 e. The SMILES string of the molecule is CCN(CC)C(=O)c1ccc(NC(=O)CSc2nnnn2-c2cccc(Cl)c2)cc1. The number of aromatic nitrogens is 4. The lowest BCUT2D eigenvalue weighted by molar-refractivity contribution is -0.113. The maximum atomic E-state index is 12.4. The van der Waals surface area contributed by atoms with E-state index in [1.54, 1.807) is 47.4 Å². The fraction of sp³-hybridized carbons (Fsp3) is 0.250. The fourth-order valence-corrected chi connectivity index (χ4v) is 3.63. The number of carbonyl (C=O) groups excluding carboxylic acids is 2. The van der Waals surface area contributed by atoms with Crippen LogP contribution in [0.15, 0.2) is 53.7 Å². The van der Waals surface area contributed by atoms with Gasteiger partial charge in [0, 0.05) is 29.4 Å². The molecule has 1 aromatic heterocycles. The molecule has 1 heterocycles. The van der Waals surface area contributed by atoms with Gasteiger partial charge in [0.15, 0.2) is 0 Å². The quantitative estimate of drug-likeness (QED) is 0.534. The summed E-state index contributed by atoms with van der Waals surface area (Å²) < 4.78 is 1.53. The number of tetrazole rings is 1. The third-order valence-corrected chi connectivity index (χ3v) is 5.45. The molecule has 0 aliphatic carbocycles. The average molecular weight is 445 g/mol. The maximum Gasteiger partial charge on any atom is 0.253 e. The van der Waals surface area contributed by atoms with Crippen molar-refractivity contribution in [1.29, 1.82) is 0 Å². The summed E-state index contributed by atoms with van der Waals surface area (Å²) in [4.78, 5) is 26.4. The number of thioether (sulfide) groups is 1. The van der Waals surface area contributed by atoms with E-state index in [2.05, 4.69) is 20.8 Å². The first-order chi connectivity index (χ1) is 14.5. The fourth-order valence-electron chi connectivity index (χ4n) is 2.76. The molecule has 0 saturated heterocycles. The molecular weight excluding hydrogens is 424 g/mol. The Bertz CT molecular complexity index is 1020. The minimum absolute atomic E-state index is 0.0266. The predicted molar refractivity (Wildman–Crippen MR) is 117 cm³/mol. The molecule has 3 aromatic rings. The highest BCUT2D eigenvalue weighted by Gasteiger charge is 2.14. The Kier molecular flexibility index (Phi) is 7.42. The minimum atomic E-state index is -0.205. The van der Waals surface area contributed by atoms with E-state index >= 15 is 0 Å². The molecule has 0 aliphatic heterocycles. The lowest BCUT2D eigenvalue weighted by Gasteiger charge is -2.18. The van der Waals surface area contributed by atoms with Crippen LogP contribution < -0.4 is 5.32 Å². The number of carbonyl (C=O) groups is 2. The Balaban J connectivity index is 1.58. The van der Waals surface area contributed by atoms with E-state index in [0.717, 1.165) is 0 Å². The summed E-state index contributed by atoms with van der Waals surface area (Å²) in [6.07, 6.45) is 0. The first-order valence-corrected chi connectivity index (χ1v) is 10.7. The average Bonchev–Trinajstić information content (AvgIpc) is 3.22. The van der Waals surface area contributed by atoms with Crippen molar-refractivity contribution < 1.29 is 9.59 Å². The number of anilines is 1. The summed E-state index contributed by atoms with van der Waals surface area (Å²) in [7, 11) is 0. The molecule has 2 aromatic carbocycles. The number of nitrogens with one attached hydrogen (secondary N) is 1. The van der Waals surface area contributed by atoms with Gasteiger partial charge in [-0.2, -0.15) is 4.68 Å². The number of halogens is 1. The van der Waals surface area contributed by atoms with Crippen molar-refractivity contribution >= 4 is 40.9 Å². The third kappa shape index (κ3) is 5.37. The number of amides is 2. The van der Waals surface area contributed by atoms with E-state index in [1.807, 2.05) is 19.9 Å². The van der Waals surface area contributed by atoms with E-state index in [1.165, 1.54) is 16.4 Å². The van der Waals surface area contributed by atoms with Crippen LogP contribution in [0.25, 0.3) is 5.69 Å². The van der Waals surface area contributed by atoms with Gasteiger partial charge in [0.05, 0.1) is 11.4 Å². The van der Waals surface area contributed by atoms with Crippen LogP contribution in [-0.4, -0.2) is 55.8 Å². The van der Waals surface area contributed by atoms with Crippen LogP contribution in [0.4, 0.5) is 5.69 Å². The molecule has 0 bridgehead atoms. The normalized spacial score (nSPS) is 10.6. The molecule has 30 heavy (non-hydrogen) atoms. The molecule has 156 valence electrons. The zero-order valence-electron chi connectivity index (χ0n) is 16.6. The summed E-state index contributed by atoms with van der Waals surface area (Å²) in [6.45, 7) is 5.19. The Morgan fingerprint density at radius 3 is 2.53 bits per heavy atom. The van der Waals surface area contributed by atoms with Gasteiger partial charge in [0.1, 0.15) is 0 Å². The topological polar surface area (TPSA) is 93.0 Å². The van der Waals surface area contributed by atoms with Crippen LogP contribution >= 0.6 is 23.4 Å². The molecule has 1 N–H and O–H groups in total. The molecular formula is C20H21ClN6O2S. The lowest BCUT2D eigenvalue weighted by atomic mass is 10.2. The van der Waals surface area contributed by atoms with Gasteiger partial charge < -0.3 is 10.2 Å². The van der Waals surface area contributed by atoms with Crippen LogP contribution in [0.1, 0.15) is 24.2 Å². The summed E-state index contributed by atoms with van der Waals surface area (Å²) in [6, 6.07) is 14.0. The maximum absolute atomic E-state index is 12.4. The van der Waals surface area contributed by atoms with Gasteiger partial charge in [-0.05, 0) is 66.7 Å². The van der Waals surface area contributed by atoms with Crippen LogP contribution in [0.2, 0.25) is 5.02 Å². The van der Waals surface area contributed by atoms with Crippen molar-refractivity contribution in [2.45, 2.75) is 19.0 Å². The molecule has 0 fully saturated rings. The second kappa shape index (κ2) is 10.2. The molecule has 0 spiro atoms. The van der Waals surface area contributed by atoms with E-state index in [9.17, 15) is 9.59 Å². The van der Waals surface area contributed by atoms with E-state index in [4.69, 9.17) is 11.6 Å². The zero-order chi connectivity index (χ0) is 21.5. The van der Waals surface area contributed by atoms with Crippen molar-refractivity contribution in [1.82, 2.24) is 25.1 Å². The number of nitrogens with zero attached hydrogens (tertiary/aromatic N) is 5. The molecule has 0 aliphatic rings. The standard InChI is InChI=1S/C20H21ClN6O2S/c1-3-26(4-2)19(29)14-8-10-16(11-9-14)22-18(28)13-30-20-23-24-25-27(20)17-7-5-6-15(21)12-17/h5-12H,3-4,13H2,1-2H3,(H,22,28). The highest BCUT2D eigenvalue weighted by atomic mass is 35.5. The summed E-state index contributed by atoms with van der Waals surface area (Å²) in [5.74, 6) is -0.106. The first kappa shape index (κ1) is 21.8. The number of rotatable bonds is 8. The Morgan fingerprint density at radius 1 is 1.13 bits per heavy atom. The zero-order valence-corrected chi connectivity index (χ0v) is 18.2. The summed E-state index contributed by atoms with van der Waals surface area (Å²) in [5.41, 5.74) is 1.92. The van der Waals surface area contributed by atoms with Gasteiger partial charge in [-0.25, -0.2) is 0 Å². The highest BCUT2D eigenvalue weighted by molar-refractivity contribution is 7.99. The summed E-state index contributed by atoms with van der Waals surface area (Å²) >= 11 is 7.23. The summed E-state index contributed by atoms with van der Waals surface area (Å²) in [5, 5.41) is 15.5. The molecule has 0 unspecified atom stereocenters. The van der Waals surface area contributed by atoms with Crippen LogP contribution in [-0.2, 0) is 4.79 Å². The van der Waals surface area contributed by atoms with Gasteiger partial charge >= 0.3 is 0 Å². The monoisotopic (exact) mass is 444 g/mol. The van der Waals surface area contributed by atoms with Crippen molar-refractivity contribution in [3.63, 3.8) is 0 Å². The van der Waals surface area contributed by atoms with Gasteiger partial charge in [-0.1, -0.05) is 29.4 Å².